The summed E-state index contributed by atoms with van der Waals surface area (Å²) in [6.45, 7) is 10.4. The zero-order valence-corrected chi connectivity index (χ0v) is 19.1. The number of hydrogen-bond acceptors (Lipinski definition) is 5. The van der Waals surface area contributed by atoms with Crippen LogP contribution in [-0.4, -0.2) is 34.9 Å². The Morgan fingerprint density at radius 1 is 1.37 bits per heavy atom. The Balaban J connectivity index is 1.81. The predicted octanol–water partition coefficient (Wildman–Crippen LogP) is 4.59. The summed E-state index contributed by atoms with van der Waals surface area (Å²) in [5, 5.41) is 9.93. The summed E-state index contributed by atoms with van der Waals surface area (Å²) in [6, 6.07) is 0. The largest absolute Gasteiger partial charge is 0.462 e. The van der Waals surface area contributed by atoms with Crippen molar-refractivity contribution in [3.05, 3.63) is 23.8 Å². The molecule has 30 heavy (non-hydrogen) atoms. The molecule has 1 aliphatic heterocycles. The number of aliphatic hydroxyl groups excluding tert-OH is 1. The third-order valence-electron chi connectivity index (χ3n) is 7.32. The third kappa shape index (κ3) is 4.99. The smallest absolute Gasteiger partial charge is 0.309 e. The SMILES string of the molecule is CC[C@H](C)C(=O)O[C@@]1(C)C[C@@H](C)C=C2C=C[C@H](C)[C@H](CC[C@@H]3C[C@@H](O)CC(=O)O3)[C@H]21. The molecule has 168 valence electrons. The van der Waals surface area contributed by atoms with E-state index in [1.165, 1.54) is 5.57 Å². The van der Waals surface area contributed by atoms with E-state index in [1.807, 2.05) is 13.8 Å². The number of esters is 2. The monoisotopic (exact) mass is 418 g/mol. The number of carbonyl (C=O) groups excluding carboxylic acids is 2. The molecule has 0 saturated carbocycles. The fourth-order valence-electron chi connectivity index (χ4n) is 5.63. The minimum atomic E-state index is -0.604. The molecule has 2 aliphatic carbocycles. The Bertz CT molecular complexity index is 710. The lowest BCUT2D eigenvalue weighted by Crippen LogP contribution is -2.50. The van der Waals surface area contributed by atoms with Gasteiger partial charge in [0.25, 0.3) is 0 Å². The van der Waals surface area contributed by atoms with Crippen LogP contribution >= 0.6 is 0 Å². The van der Waals surface area contributed by atoms with Crippen LogP contribution in [0.4, 0.5) is 0 Å². The molecule has 0 unspecified atom stereocenters. The van der Waals surface area contributed by atoms with Gasteiger partial charge in [-0.2, -0.15) is 0 Å². The molecule has 3 rings (SSSR count). The maximum absolute atomic E-state index is 12.7. The van der Waals surface area contributed by atoms with Gasteiger partial charge in [-0.3, -0.25) is 9.59 Å². The van der Waals surface area contributed by atoms with E-state index in [2.05, 4.69) is 39.0 Å². The summed E-state index contributed by atoms with van der Waals surface area (Å²) < 4.78 is 11.7. The number of hydrogen-bond donors (Lipinski definition) is 1. The molecule has 0 bridgehead atoms. The van der Waals surface area contributed by atoms with Crippen LogP contribution in [0.5, 0.6) is 0 Å². The molecule has 1 heterocycles. The van der Waals surface area contributed by atoms with Gasteiger partial charge in [0.05, 0.1) is 18.4 Å². The van der Waals surface area contributed by atoms with E-state index in [9.17, 15) is 14.7 Å². The van der Waals surface area contributed by atoms with Gasteiger partial charge in [-0.05, 0) is 55.9 Å². The summed E-state index contributed by atoms with van der Waals surface area (Å²) in [5.41, 5.74) is 0.716. The van der Waals surface area contributed by atoms with Crippen LogP contribution in [0.1, 0.15) is 73.1 Å². The Morgan fingerprint density at radius 2 is 2.10 bits per heavy atom. The minimum Gasteiger partial charge on any atom is -0.462 e. The van der Waals surface area contributed by atoms with Gasteiger partial charge in [0.1, 0.15) is 11.7 Å². The highest BCUT2D eigenvalue weighted by atomic mass is 16.6. The molecule has 0 amide bonds. The number of ether oxygens (including phenoxy) is 2. The second-order valence-electron chi connectivity index (χ2n) is 10.0. The van der Waals surface area contributed by atoms with Crippen LogP contribution in [0.2, 0.25) is 0 Å². The molecule has 0 aromatic heterocycles. The van der Waals surface area contributed by atoms with Gasteiger partial charge in [0, 0.05) is 12.3 Å². The first kappa shape index (κ1) is 23.1. The van der Waals surface area contributed by atoms with E-state index >= 15 is 0 Å². The van der Waals surface area contributed by atoms with Crippen molar-refractivity contribution in [1.29, 1.82) is 0 Å². The van der Waals surface area contributed by atoms with E-state index in [4.69, 9.17) is 9.47 Å². The second kappa shape index (κ2) is 9.25. The first-order valence-corrected chi connectivity index (χ1v) is 11.6. The zero-order valence-electron chi connectivity index (χ0n) is 19.1. The van der Waals surface area contributed by atoms with Crippen molar-refractivity contribution in [2.24, 2.45) is 29.6 Å². The van der Waals surface area contributed by atoms with Crippen LogP contribution in [0.3, 0.4) is 0 Å². The van der Waals surface area contributed by atoms with Crippen molar-refractivity contribution in [2.75, 3.05) is 0 Å². The third-order valence-corrected chi connectivity index (χ3v) is 7.32. The lowest BCUT2D eigenvalue weighted by atomic mass is 9.60. The van der Waals surface area contributed by atoms with Gasteiger partial charge >= 0.3 is 11.9 Å². The van der Waals surface area contributed by atoms with Crippen molar-refractivity contribution in [3.63, 3.8) is 0 Å². The lowest BCUT2D eigenvalue weighted by molar-refractivity contribution is -0.174. The Kier molecular flexibility index (Phi) is 7.11. The van der Waals surface area contributed by atoms with Crippen LogP contribution in [0, 0.1) is 29.6 Å². The fourth-order valence-corrected chi connectivity index (χ4v) is 5.63. The number of fused-ring (bicyclic) bond motifs is 1. The molecule has 1 fully saturated rings. The molecule has 5 nitrogen and oxygen atoms in total. The normalized spacial score (nSPS) is 39.5. The zero-order chi connectivity index (χ0) is 22.1. The van der Waals surface area contributed by atoms with E-state index < -0.39 is 11.7 Å². The fraction of sp³-hybridized carbons (Fsp3) is 0.760. The number of rotatable bonds is 6. The molecule has 3 aliphatic rings. The maximum Gasteiger partial charge on any atom is 0.309 e. The average molecular weight is 419 g/mol. The highest BCUT2D eigenvalue weighted by Crippen LogP contribution is 2.50. The average Bonchev–Trinajstić information content (AvgIpc) is 2.65. The predicted molar refractivity (Wildman–Crippen MR) is 115 cm³/mol. The van der Waals surface area contributed by atoms with Crippen molar-refractivity contribution >= 4 is 11.9 Å². The van der Waals surface area contributed by atoms with Gasteiger partial charge in [-0.15, -0.1) is 0 Å². The summed E-state index contributed by atoms with van der Waals surface area (Å²) in [5.74, 6) is 0.579. The molecule has 1 N–H and O–H groups in total. The van der Waals surface area contributed by atoms with E-state index in [0.29, 0.717) is 24.2 Å². The molecule has 0 aromatic carbocycles. The number of aliphatic hydroxyl groups is 1. The van der Waals surface area contributed by atoms with Gasteiger partial charge in [0.15, 0.2) is 0 Å². The summed E-state index contributed by atoms with van der Waals surface area (Å²) >= 11 is 0. The molecule has 8 atom stereocenters. The number of cyclic esters (lactones) is 1. The van der Waals surface area contributed by atoms with Crippen molar-refractivity contribution in [3.8, 4) is 0 Å². The Morgan fingerprint density at radius 3 is 2.77 bits per heavy atom. The molecule has 0 aromatic rings. The van der Waals surface area contributed by atoms with Crippen LogP contribution in [0.25, 0.3) is 0 Å². The van der Waals surface area contributed by atoms with Crippen LogP contribution in [0.15, 0.2) is 23.8 Å². The van der Waals surface area contributed by atoms with E-state index in [0.717, 1.165) is 25.7 Å². The van der Waals surface area contributed by atoms with E-state index in [-0.39, 0.29) is 36.3 Å². The van der Waals surface area contributed by atoms with Gasteiger partial charge in [0.2, 0.25) is 0 Å². The highest BCUT2D eigenvalue weighted by molar-refractivity contribution is 5.72. The quantitative estimate of drug-likeness (QED) is 0.639. The lowest BCUT2D eigenvalue weighted by Gasteiger charge is -2.49. The Labute approximate surface area is 180 Å². The first-order valence-electron chi connectivity index (χ1n) is 11.6. The molecule has 0 radical (unpaired) electrons. The standard InChI is InChI=1S/C25H38O5/c1-6-16(3)24(28)30-25(5)14-15(2)11-18-8-7-17(4)21(23(18)25)10-9-20-12-19(26)13-22(27)29-20/h7-8,11,15-17,19-21,23,26H,6,9-10,12-14H2,1-5H3/t15-,16-,17-,19+,20+,21-,23-,25-/m0/s1. The maximum atomic E-state index is 12.7. The molecular weight excluding hydrogens is 380 g/mol. The molecule has 5 heteroatoms. The topological polar surface area (TPSA) is 72.8 Å². The van der Waals surface area contributed by atoms with E-state index in [1.54, 1.807) is 0 Å². The molecule has 0 spiro atoms. The van der Waals surface area contributed by atoms with Crippen molar-refractivity contribution in [2.45, 2.75) is 91.0 Å². The minimum absolute atomic E-state index is 0.0934. The Hall–Kier alpha value is -1.62. The van der Waals surface area contributed by atoms with Crippen molar-refractivity contribution < 1.29 is 24.2 Å². The van der Waals surface area contributed by atoms with Gasteiger partial charge in [-0.1, -0.05) is 45.9 Å². The van der Waals surface area contributed by atoms with Crippen molar-refractivity contribution in [1.82, 2.24) is 0 Å². The second-order valence-corrected chi connectivity index (χ2v) is 10.0. The summed E-state index contributed by atoms with van der Waals surface area (Å²) in [6.07, 6.45) is 9.72. The van der Waals surface area contributed by atoms with Crippen LogP contribution in [-0.2, 0) is 19.1 Å². The summed E-state index contributed by atoms with van der Waals surface area (Å²) in [4.78, 5) is 24.5. The number of allylic oxidation sites excluding steroid dienone is 3. The highest BCUT2D eigenvalue weighted by Gasteiger charge is 2.49. The molecule has 1 saturated heterocycles. The summed E-state index contributed by atoms with van der Waals surface area (Å²) in [7, 11) is 0. The first-order chi connectivity index (χ1) is 14.1. The number of carbonyl (C=O) groups is 2. The van der Waals surface area contributed by atoms with Crippen LogP contribution < -0.4 is 0 Å². The van der Waals surface area contributed by atoms with Gasteiger partial charge in [-0.25, -0.2) is 0 Å². The van der Waals surface area contributed by atoms with Gasteiger partial charge < -0.3 is 14.6 Å². The molecular formula is C25H38O5.